The smallest absolute Gasteiger partial charge is 0.291 e. The normalized spacial score (nSPS) is 11.9. The Labute approximate surface area is 269 Å². The number of aromatic nitrogens is 5. The fourth-order valence-corrected chi connectivity index (χ4v) is 5.72. The lowest BCUT2D eigenvalue weighted by molar-refractivity contribution is 0.309. The predicted molar refractivity (Wildman–Crippen MR) is 181 cm³/mol. The van der Waals surface area contributed by atoms with Gasteiger partial charge in [0.15, 0.2) is 5.82 Å². The lowest BCUT2D eigenvalue weighted by Gasteiger charge is -2.09. The Morgan fingerprint density at radius 3 is 2.56 bits per heavy atom. The molecular formula is C35H30ClN5O3S. The van der Waals surface area contributed by atoms with Crippen molar-refractivity contribution in [3.63, 3.8) is 0 Å². The van der Waals surface area contributed by atoms with E-state index in [0.29, 0.717) is 45.0 Å². The molecule has 0 aliphatic heterocycles. The number of unbranched alkanes of at least 4 members (excludes halogenated alkanes) is 1. The van der Waals surface area contributed by atoms with Gasteiger partial charge in [-0.3, -0.25) is 4.79 Å². The van der Waals surface area contributed by atoms with Crippen LogP contribution in [0.2, 0.25) is 5.02 Å². The van der Waals surface area contributed by atoms with Crippen LogP contribution in [0.5, 0.6) is 11.5 Å². The zero-order chi connectivity index (χ0) is 31.2. The highest BCUT2D eigenvalue weighted by molar-refractivity contribution is 7.15. The van der Waals surface area contributed by atoms with Gasteiger partial charge in [-0.15, -0.1) is 5.10 Å². The van der Waals surface area contributed by atoms with E-state index < -0.39 is 0 Å². The van der Waals surface area contributed by atoms with Crippen LogP contribution >= 0.6 is 22.9 Å². The van der Waals surface area contributed by atoms with Gasteiger partial charge in [0.2, 0.25) is 4.96 Å². The van der Waals surface area contributed by atoms with E-state index in [2.05, 4.69) is 23.6 Å². The number of thiazole rings is 1. The first-order chi connectivity index (χ1) is 22.0. The van der Waals surface area contributed by atoms with Gasteiger partial charge >= 0.3 is 0 Å². The highest BCUT2D eigenvalue weighted by Gasteiger charge is 2.15. The van der Waals surface area contributed by atoms with Gasteiger partial charge in [0, 0.05) is 17.3 Å². The molecule has 226 valence electrons. The number of fused-ring (bicyclic) bond motifs is 1. The van der Waals surface area contributed by atoms with Gasteiger partial charge in [-0.1, -0.05) is 85.3 Å². The highest BCUT2D eigenvalue weighted by Crippen LogP contribution is 2.32. The van der Waals surface area contributed by atoms with Crippen molar-refractivity contribution >= 4 is 46.1 Å². The third-order valence-corrected chi connectivity index (χ3v) is 8.14. The van der Waals surface area contributed by atoms with Crippen LogP contribution in [0.15, 0.2) is 96.4 Å². The van der Waals surface area contributed by atoms with Crippen LogP contribution < -0.4 is 19.6 Å². The molecule has 0 spiro atoms. The van der Waals surface area contributed by atoms with Crippen LogP contribution in [0.1, 0.15) is 36.7 Å². The van der Waals surface area contributed by atoms with E-state index in [1.165, 1.54) is 15.9 Å². The monoisotopic (exact) mass is 635 g/mol. The Morgan fingerprint density at radius 1 is 1.00 bits per heavy atom. The summed E-state index contributed by atoms with van der Waals surface area (Å²) in [6.45, 7) is 6.83. The highest BCUT2D eigenvalue weighted by atomic mass is 35.5. The molecule has 6 rings (SSSR count). The second-order valence-electron chi connectivity index (χ2n) is 10.1. The molecule has 3 heterocycles. The number of rotatable bonds is 12. The summed E-state index contributed by atoms with van der Waals surface area (Å²) in [5.41, 5.74) is 3.86. The first-order valence-electron chi connectivity index (χ1n) is 14.5. The minimum absolute atomic E-state index is 0.248. The van der Waals surface area contributed by atoms with Gasteiger partial charge in [-0.05, 0) is 66.6 Å². The van der Waals surface area contributed by atoms with Crippen molar-refractivity contribution in [1.29, 1.82) is 0 Å². The van der Waals surface area contributed by atoms with Crippen molar-refractivity contribution in [2.24, 2.45) is 0 Å². The van der Waals surface area contributed by atoms with Gasteiger partial charge in [0.05, 0.1) is 21.8 Å². The van der Waals surface area contributed by atoms with Crippen molar-refractivity contribution in [2.75, 3.05) is 13.2 Å². The Balaban J connectivity index is 1.32. The first-order valence-corrected chi connectivity index (χ1v) is 15.7. The maximum Gasteiger partial charge on any atom is 0.291 e. The fourth-order valence-electron chi connectivity index (χ4n) is 4.58. The van der Waals surface area contributed by atoms with Crippen LogP contribution in [0, 0.1) is 0 Å². The van der Waals surface area contributed by atoms with E-state index in [0.717, 1.165) is 41.0 Å². The predicted octanol–water partition coefficient (Wildman–Crippen LogP) is 7.12. The maximum atomic E-state index is 13.4. The average molecular weight is 636 g/mol. The fraction of sp³-hybridized carbons (Fsp3) is 0.143. The molecule has 0 radical (unpaired) electrons. The molecule has 0 N–H and O–H groups in total. The maximum absolute atomic E-state index is 13.4. The summed E-state index contributed by atoms with van der Waals surface area (Å²) in [4.78, 5) is 18.5. The molecular weight excluding hydrogens is 606 g/mol. The Morgan fingerprint density at radius 2 is 1.82 bits per heavy atom. The topological polar surface area (TPSA) is 83.5 Å². The zero-order valence-electron chi connectivity index (χ0n) is 24.6. The minimum atomic E-state index is -0.248. The quantitative estimate of drug-likeness (QED) is 0.105. The SMILES string of the molecule is C=CCOc1ccc(/C=C/c2nc3s/c(=C\c4cn(-c5ccccc5)nc4-c4ccc(OCCCC)c(Cl)c4)c(=O)n3n2)cc1. The number of nitrogens with zero attached hydrogens (tertiary/aromatic N) is 5. The summed E-state index contributed by atoms with van der Waals surface area (Å²) in [6.07, 6.45) is 11.1. The third kappa shape index (κ3) is 6.90. The molecule has 45 heavy (non-hydrogen) atoms. The van der Waals surface area contributed by atoms with Gasteiger partial charge in [0.25, 0.3) is 5.56 Å². The molecule has 3 aromatic carbocycles. The summed E-state index contributed by atoms with van der Waals surface area (Å²) in [6, 6.07) is 23.1. The van der Waals surface area contributed by atoms with Gasteiger partial charge in [0.1, 0.15) is 23.8 Å². The summed E-state index contributed by atoms with van der Waals surface area (Å²) in [7, 11) is 0. The van der Waals surface area contributed by atoms with E-state index in [1.807, 2.05) is 91.1 Å². The van der Waals surface area contributed by atoms with Crippen LogP contribution in [0.25, 0.3) is 40.1 Å². The Bertz CT molecular complexity index is 2080. The lowest BCUT2D eigenvalue weighted by atomic mass is 10.1. The van der Waals surface area contributed by atoms with Gasteiger partial charge in [-0.2, -0.15) is 14.6 Å². The molecule has 10 heteroatoms. The van der Waals surface area contributed by atoms with E-state index in [9.17, 15) is 4.79 Å². The van der Waals surface area contributed by atoms with Crippen molar-refractivity contribution < 1.29 is 9.47 Å². The summed E-state index contributed by atoms with van der Waals surface area (Å²) in [5.74, 6) is 1.85. The largest absolute Gasteiger partial charge is 0.492 e. The second-order valence-corrected chi connectivity index (χ2v) is 11.6. The standard InChI is InChI=1S/C35H30ClN5O3S/c1-3-5-20-44-30-17-14-25(21-29(30)36)33-26(23-40(39-33)27-9-7-6-8-10-27)22-31-34(42)41-35(45-31)37-32(38-41)18-13-24-11-15-28(16-12-24)43-19-4-2/h4,6-18,21-23H,2-3,5,19-20H2,1H3/b18-13+,31-22-. The van der Waals surface area contributed by atoms with E-state index >= 15 is 0 Å². The number of para-hydroxylation sites is 1. The number of benzene rings is 3. The summed E-state index contributed by atoms with van der Waals surface area (Å²) in [5, 5.41) is 9.83. The van der Waals surface area contributed by atoms with Crippen molar-refractivity contribution in [3.05, 3.63) is 129 Å². The van der Waals surface area contributed by atoms with E-state index in [1.54, 1.807) is 16.8 Å². The zero-order valence-corrected chi connectivity index (χ0v) is 26.2. The summed E-state index contributed by atoms with van der Waals surface area (Å²) >= 11 is 7.89. The molecule has 0 saturated heterocycles. The first kappa shape index (κ1) is 30.1. The Kier molecular flexibility index (Phi) is 9.19. The number of ether oxygens (including phenoxy) is 2. The van der Waals surface area contributed by atoms with E-state index in [-0.39, 0.29) is 5.56 Å². The molecule has 0 unspecified atom stereocenters. The second kappa shape index (κ2) is 13.8. The number of halogens is 1. The molecule has 0 aliphatic rings. The average Bonchev–Trinajstić information content (AvgIpc) is 3.75. The van der Waals surface area contributed by atoms with Crippen LogP contribution in [0.4, 0.5) is 0 Å². The molecule has 0 amide bonds. The van der Waals surface area contributed by atoms with Gasteiger partial charge in [-0.25, -0.2) is 4.68 Å². The van der Waals surface area contributed by atoms with E-state index in [4.69, 9.17) is 26.2 Å². The van der Waals surface area contributed by atoms with Crippen LogP contribution in [-0.2, 0) is 0 Å². The third-order valence-electron chi connectivity index (χ3n) is 6.88. The molecule has 6 aromatic rings. The number of hydrogen-bond donors (Lipinski definition) is 0. The van der Waals surface area contributed by atoms with Crippen molar-refractivity contribution in [1.82, 2.24) is 24.4 Å². The molecule has 0 saturated carbocycles. The van der Waals surface area contributed by atoms with Crippen LogP contribution in [0.3, 0.4) is 0 Å². The summed E-state index contributed by atoms with van der Waals surface area (Å²) < 4.78 is 15.0. The number of hydrogen-bond acceptors (Lipinski definition) is 7. The molecule has 0 fully saturated rings. The Hall–Kier alpha value is -4.99. The minimum Gasteiger partial charge on any atom is -0.492 e. The molecule has 0 atom stereocenters. The van der Waals surface area contributed by atoms with Crippen molar-refractivity contribution in [3.8, 4) is 28.4 Å². The molecule has 8 nitrogen and oxygen atoms in total. The molecule has 0 aliphatic carbocycles. The van der Waals surface area contributed by atoms with Crippen molar-refractivity contribution in [2.45, 2.75) is 19.8 Å². The van der Waals surface area contributed by atoms with Crippen LogP contribution in [-0.4, -0.2) is 37.6 Å². The van der Waals surface area contributed by atoms with Gasteiger partial charge < -0.3 is 9.47 Å². The molecule has 0 bridgehead atoms. The molecule has 3 aromatic heterocycles. The lowest BCUT2D eigenvalue weighted by Crippen LogP contribution is -2.23.